The van der Waals surface area contributed by atoms with E-state index in [1.807, 2.05) is 20.8 Å². The third-order valence-corrected chi connectivity index (χ3v) is 3.39. The molecule has 110 valence electrons. The Morgan fingerprint density at radius 3 is 2.90 bits per heavy atom. The van der Waals surface area contributed by atoms with Crippen molar-refractivity contribution in [1.82, 2.24) is 14.7 Å². The van der Waals surface area contributed by atoms with E-state index in [9.17, 15) is 9.59 Å². The van der Waals surface area contributed by atoms with Gasteiger partial charge < -0.3 is 9.64 Å². The molecule has 2 atom stereocenters. The smallest absolute Gasteiger partial charge is 0.274 e. The van der Waals surface area contributed by atoms with Crippen LogP contribution in [0.3, 0.4) is 0 Å². The fourth-order valence-corrected chi connectivity index (χ4v) is 2.27. The Hall–Kier alpha value is -1.69. The SMILES string of the molecule is CCCn1nc(C(=O)N2C[C@H](C)OC[C@H]2C)ccc1=O. The van der Waals surface area contributed by atoms with Gasteiger partial charge in [0, 0.05) is 19.2 Å². The Bertz CT molecular complexity index is 541. The largest absolute Gasteiger partial charge is 0.375 e. The summed E-state index contributed by atoms with van der Waals surface area (Å²) in [6.07, 6.45) is 0.826. The maximum Gasteiger partial charge on any atom is 0.274 e. The quantitative estimate of drug-likeness (QED) is 0.824. The molecule has 1 aromatic rings. The van der Waals surface area contributed by atoms with Gasteiger partial charge in [-0.3, -0.25) is 9.59 Å². The van der Waals surface area contributed by atoms with E-state index in [-0.39, 0.29) is 23.6 Å². The average molecular weight is 279 g/mol. The van der Waals surface area contributed by atoms with E-state index in [1.54, 1.807) is 4.90 Å². The first kappa shape index (κ1) is 14.7. The summed E-state index contributed by atoms with van der Waals surface area (Å²) in [5, 5.41) is 4.17. The van der Waals surface area contributed by atoms with Crippen molar-refractivity contribution in [3.8, 4) is 0 Å². The second-order valence-corrected chi connectivity index (χ2v) is 5.23. The highest BCUT2D eigenvalue weighted by Gasteiger charge is 2.29. The Balaban J connectivity index is 2.24. The lowest BCUT2D eigenvalue weighted by atomic mass is 10.2. The molecule has 1 aliphatic heterocycles. The number of ether oxygens (including phenoxy) is 1. The highest BCUT2D eigenvalue weighted by Crippen LogP contribution is 2.14. The molecule has 0 aliphatic carbocycles. The van der Waals surface area contributed by atoms with Crippen molar-refractivity contribution in [2.75, 3.05) is 13.2 Å². The molecule has 6 heteroatoms. The monoisotopic (exact) mass is 279 g/mol. The van der Waals surface area contributed by atoms with Gasteiger partial charge in [-0.2, -0.15) is 5.10 Å². The lowest BCUT2D eigenvalue weighted by Crippen LogP contribution is -2.50. The topological polar surface area (TPSA) is 64.4 Å². The Morgan fingerprint density at radius 2 is 2.20 bits per heavy atom. The molecule has 0 unspecified atom stereocenters. The van der Waals surface area contributed by atoms with Crippen molar-refractivity contribution in [2.24, 2.45) is 0 Å². The summed E-state index contributed by atoms with van der Waals surface area (Å²) >= 11 is 0. The third-order valence-electron chi connectivity index (χ3n) is 3.39. The van der Waals surface area contributed by atoms with E-state index in [0.29, 0.717) is 25.4 Å². The standard InChI is InChI=1S/C14H21N3O3/c1-4-7-17-13(18)6-5-12(15-17)14(19)16-8-11(3)20-9-10(16)2/h5-6,10-11H,4,7-9H2,1-3H3/t10-,11+/m1/s1. The summed E-state index contributed by atoms with van der Waals surface area (Å²) in [4.78, 5) is 25.9. The lowest BCUT2D eigenvalue weighted by molar-refractivity contribution is -0.0389. The van der Waals surface area contributed by atoms with Crippen LogP contribution in [-0.4, -0.2) is 45.9 Å². The molecule has 6 nitrogen and oxygen atoms in total. The second-order valence-electron chi connectivity index (χ2n) is 5.23. The van der Waals surface area contributed by atoms with Crippen molar-refractivity contribution < 1.29 is 9.53 Å². The molecule has 1 aromatic heterocycles. The predicted molar refractivity (Wildman–Crippen MR) is 74.7 cm³/mol. The molecule has 1 amide bonds. The number of hydrogen-bond acceptors (Lipinski definition) is 4. The molecule has 1 fully saturated rings. The number of aromatic nitrogens is 2. The molecule has 2 heterocycles. The molecular weight excluding hydrogens is 258 g/mol. The number of morpholine rings is 1. The van der Waals surface area contributed by atoms with Gasteiger partial charge in [0.05, 0.1) is 18.8 Å². The van der Waals surface area contributed by atoms with Crippen LogP contribution in [0.25, 0.3) is 0 Å². The van der Waals surface area contributed by atoms with Crippen molar-refractivity contribution in [2.45, 2.75) is 45.9 Å². The molecule has 0 spiro atoms. The van der Waals surface area contributed by atoms with Crippen LogP contribution in [0.4, 0.5) is 0 Å². The van der Waals surface area contributed by atoms with Gasteiger partial charge >= 0.3 is 0 Å². The van der Waals surface area contributed by atoms with E-state index < -0.39 is 0 Å². The van der Waals surface area contributed by atoms with Gasteiger partial charge in [0.2, 0.25) is 0 Å². The summed E-state index contributed by atoms with van der Waals surface area (Å²) in [6, 6.07) is 2.93. The molecule has 0 N–H and O–H groups in total. The molecule has 1 saturated heterocycles. The van der Waals surface area contributed by atoms with Crippen molar-refractivity contribution in [3.63, 3.8) is 0 Å². The minimum Gasteiger partial charge on any atom is -0.375 e. The molecule has 1 aliphatic rings. The summed E-state index contributed by atoms with van der Waals surface area (Å²) in [6.45, 7) is 7.46. The number of hydrogen-bond donors (Lipinski definition) is 0. The molecule has 0 radical (unpaired) electrons. The number of amides is 1. The van der Waals surface area contributed by atoms with Gasteiger partial charge in [0.15, 0.2) is 0 Å². The van der Waals surface area contributed by atoms with E-state index in [1.165, 1.54) is 16.8 Å². The summed E-state index contributed by atoms with van der Waals surface area (Å²) < 4.78 is 6.87. The number of carbonyl (C=O) groups excluding carboxylic acids is 1. The van der Waals surface area contributed by atoms with Crippen LogP contribution in [0, 0.1) is 0 Å². The molecule has 0 bridgehead atoms. The molecular formula is C14H21N3O3. The highest BCUT2D eigenvalue weighted by molar-refractivity contribution is 5.92. The fraction of sp³-hybridized carbons (Fsp3) is 0.643. The van der Waals surface area contributed by atoms with Gasteiger partial charge in [-0.15, -0.1) is 0 Å². The van der Waals surface area contributed by atoms with E-state index >= 15 is 0 Å². The van der Waals surface area contributed by atoms with Crippen LogP contribution in [-0.2, 0) is 11.3 Å². The van der Waals surface area contributed by atoms with Gasteiger partial charge in [-0.1, -0.05) is 6.92 Å². The zero-order valence-electron chi connectivity index (χ0n) is 12.2. The van der Waals surface area contributed by atoms with Crippen molar-refractivity contribution in [1.29, 1.82) is 0 Å². The highest BCUT2D eigenvalue weighted by atomic mass is 16.5. The van der Waals surface area contributed by atoms with Crippen LogP contribution >= 0.6 is 0 Å². The van der Waals surface area contributed by atoms with Crippen LogP contribution in [0.2, 0.25) is 0 Å². The normalized spacial score (nSPS) is 22.9. The summed E-state index contributed by atoms with van der Waals surface area (Å²) in [7, 11) is 0. The van der Waals surface area contributed by atoms with Crippen LogP contribution < -0.4 is 5.56 Å². The van der Waals surface area contributed by atoms with E-state index in [2.05, 4.69) is 5.10 Å². The van der Waals surface area contributed by atoms with E-state index in [4.69, 9.17) is 4.74 Å². The first-order valence-corrected chi connectivity index (χ1v) is 7.03. The van der Waals surface area contributed by atoms with Crippen LogP contribution in [0.15, 0.2) is 16.9 Å². The van der Waals surface area contributed by atoms with Crippen LogP contribution in [0.5, 0.6) is 0 Å². The van der Waals surface area contributed by atoms with Crippen LogP contribution in [0.1, 0.15) is 37.7 Å². The Kier molecular flexibility index (Phi) is 4.54. The molecule has 0 saturated carbocycles. The van der Waals surface area contributed by atoms with Gasteiger partial charge in [-0.25, -0.2) is 4.68 Å². The Labute approximate surface area is 118 Å². The zero-order chi connectivity index (χ0) is 14.7. The van der Waals surface area contributed by atoms with Gasteiger partial charge in [0.25, 0.3) is 11.5 Å². The number of aryl methyl sites for hydroxylation is 1. The predicted octanol–water partition coefficient (Wildman–Crippen LogP) is 0.903. The second kappa shape index (κ2) is 6.17. The Morgan fingerprint density at radius 1 is 1.45 bits per heavy atom. The van der Waals surface area contributed by atoms with Gasteiger partial charge in [-0.05, 0) is 26.3 Å². The number of rotatable bonds is 3. The fourth-order valence-electron chi connectivity index (χ4n) is 2.27. The van der Waals surface area contributed by atoms with Crippen molar-refractivity contribution in [3.05, 3.63) is 28.2 Å². The first-order valence-electron chi connectivity index (χ1n) is 7.03. The number of nitrogens with zero attached hydrogens (tertiary/aromatic N) is 3. The van der Waals surface area contributed by atoms with E-state index in [0.717, 1.165) is 6.42 Å². The third kappa shape index (κ3) is 3.07. The number of carbonyl (C=O) groups is 1. The maximum absolute atomic E-state index is 12.5. The van der Waals surface area contributed by atoms with Crippen molar-refractivity contribution >= 4 is 5.91 Å². The lowest BCUT2D eigenvalue weighted by Gasteiger charge is -2.36. The summed E-state index contributed by atoms with van der Waals surface area (Å²) in [5.74, 6) is -0.141. The minimum absolute atomic E-state index is 0.0204. The minimum atomic E-state index is -0.174. The summed E-state index contributed by atoms with van der Waals surface area (Å²) in [5.41, 5.74) is 0.144. The van der Waals surface area contributed by atoms with Gasteiger partial charge in [0.1, 0.15) is 5.69 Å². The first-order chi connectivity index (χ1) is 9.52. The molecule has 2 rings (SSSR count). The molecule has 0 aromatic carbocycles. The maximum atomic E-state index is 12.5. The zero-order valence-corrected chi connectivity index (χ0v) is 12.2. The average Bonchev–Trinajstić information content (AvgIpc) is 2.43. The molecule has 20 heavy (non-hydrogen) atoms.